The molecule has 120 valence electrons. The lowest BCUT2D eigenvalue weighted by atomic mass is 10.2. The Bertz CT molecular complexity index is 925. The van der Waals surface area contributed by atoms with E-state index in [0.29, 0.717) is 11.4 Å². The van der Waals surface area contributed by atoms with Crippen LogP contribution < -0.4 is 10.2 Å². The maximum atomic E-state index is 11.0. The van der Waals surface area contributed by atoms with Gasteiger partial charge in [0, 0.05) is 17.0 Å². The van der Waals surface area contributed by atoms with Crippen molar-refractivity contribution in [2.24, 2.45) is 5.10 Å². The van der Waals surface area contributed by atoms with Gasteiger partial charge in [0.25, 0.3) is 0 Å². The summed E-state index contributed by atoms with van der Waals surface area (Å²) in [6, 6.07) is 16.1. The number of benzene rings is 2. The summed E-state index contributed by atoms with van der Waals surface area (Å²) in [7, 11) is 1.39. The van der Waals surface area contributed by atoms with E-state index in [2.05, 4.69) is 15.5 Å². The number of methoxy groups -OCH3 is 1. The van der Waals surface area contributed by atoms with E-state index in [9.17, 15) is 10.1 Å². The van der Waals surface area contributed by atoms with E-state index in [1.807, 2.05) is 36.4 Å². The SMILES string of the molecule is COc1ccc(/C=N\Nc2ccc3ccccc3n2)cc1[N+](=O)[O-]. The number of hydrogen-bond acceptors (Lipinski definition) is 6. The van der Waals surface area contributed by atoms with Crippen molar-refractivity contribution < 1.29 is 9.66 Å². The van der Waals surface area contributed by atoms with Gasteiger partial charge in [-0.2, -0.15) is 5.10 Å². The number of nitro benzene ring substituents is 1. The molecule has 0 amide bonds. The maximum Gasteiger partial charge on any atom is 0.311 e. The van der Waals surface area contributed by atoms with E-state index < -0.39 is 4.92 Å². The van der Waals surface area contributed by atoms with Gasteiger partial charge in [-0.1, -0.05) is 18.2 Å². The van der Waals surface area contributed by atoms with Crippen molar-refractivity contribution in [2.45, 2.75) is 0 Å². The monoisotopic (exact) mass is 322 g/mol. The fourth-order valence-corrected chi connectivity index (χ4v) is 2.23. The molecule has 0 aliphatic rings. The van der Waals surface area contributed by atoms with Gasteiger partial charge >= 0.3 is 5.69 Å². The molecule has 3 rings (SSSR count). The topological polar surface area (TPSA) is 89.7 Å². The Kier molecular flexibility index (Phi) is 4.33. The van der Waals surface area contributed by atoms with Crippen molar-refractivity contribution in [3.05, 3.63) is 70.3 Å². The van der Waals surface area contributed by atoms with Gasteiger partial charge in [0.1, 0.15) is 5.82 Å². The molecule has 7 nitrogen and oxygen atoms in total. The van der Waals surface area contributed by atoms with Crippen molar-refractivity contribution in [3.63, 3.8) is 0 Å². The second kappa shape index (κ2) is 6.74. The number of anilines is 1. The van der Waals surface area contributed by atoms with E-state index in [1.165, 1.54) is 25.5 Å². The van der Waals surface area contributed by atoms with Crippen LogP contribution in [0.5, 0.6) is 5.75 Å². The smallest absolute Gasteiger partial charge is 0.311 e. The number of para-hydroxylation sites is 1. The Morgan fingerprint density at radius 3 is 2.83 bits per heavy atom. The summed E-state index contributed by atoms with van der Waals surface area (Å²) in [5.74, 6) is 0.800. The number of pyridine rings is 1. The highest BCUT2D eigenvalue weighted by molar-refractivity contribution is 5.83. The van der Waals surface area contributed by atoms with Gasteiger partial charge in [-0.15, -0.1) is 0 Å². The molecule has 0 aliphatic carbocycles. The molecule has 7 heteroatoms. The largest absolute Gasteiger partial charge is 0.490 e. The van der Waals surface area contributed by atoms with E-state index in [0.717, 1.165) is 10.9 Å². The van der Waals surface area contributed by atoms with Crippen molar-refractivity contribution in [1.29, 1.82) is 0 Å². The van der Waals surface area contributed by atoms with Gasteiger partial charge in [-0.05, 0) is 30.3 Å². The minimum Gasteiger partial charge on any atom is -0.490 e. The van der Waals surface area contributed by atoms with Gasteiger partial charge in [0.15, 0.2) is 5.75 Å². The zero-order chi connectivity index (χ0) is 16.9. The summed E-state index contributed by atoms with van der Waals surface area (Å²) in [6.45, 7) is 0. The summed E-state index contributed by atoms with van der Waals surface area (Å²) in [6.07, 6.45) is 1.49. The molecule has 0 unspecified atom stereocenters. The van der Waals surface area contributed by atoms with Gasteiger partial charge in [0.2, 0.25) is 0 Å². The Hall–Kier alpha value is -3.48. The highest BCUT2D eigenvalue weighted by atomic mass is 16.6. The van der Waals surface area contributed by atoms with Crippen LogP contribution in [0.1, 0.15) is 5.56 Å². The first kappa shape index (κ1) is 15.4. The molecule has 2 aromatic carbocycles. The first-order valence-corrected chi connectivity index (χ1v) is 7.14. The number of ether oxygens (including phenoxy) is 1. The summed E-state index contributed by atoms with van der Waals surface area (Å²) >= 11 is 0. The lowest BCUT2D eigenvalue weighted by molar-refractivity contribution is -0.385. The minimum atomic E-state index is -0.492. The van der Waals surface area contributed by atoms with Crippen LogP contribution in [0.25, 0.3) is 10.9 Å². The number of aromatic nitrogens is 1. The van der Waals surface area contributed by atoms with E-state index >= 15 is 0 Å². The Balaban J connectivity index is 1.78. The number of nitrogens with zero attached hydrogens (tertiary/aromatic N) is 3. The highest BCUT2D eigenvalue weighted by Gasteiger charge is 2.14. The Morgan fingerprint density at radius 1 is 1.21 bits per heavy atom. The molecule has 1 aromatic heterocycles. The molecule has 0 fully saturated rings. The first-order chi connectivity index (χ1) is 11.7. The van der Waals surface area contributed by atoms with Crippen molar-refractivity contribution in [2.75, 3.05) is 12.5 Å². The molecular formula is C17H14N4O3. The number of nitro groups is 1. The predicted molar refractivity (Wildman–Crippen MR) is 92.6 cm³/mol. The lowest BCUT2D eigenvalue weighted by Crippen LogP contribution is -1.97. The summed E-state index contributed by atoms with van der Waals surface area (Å²) < 4.78 is 4.96. The molecular weight excluding hydrogens is 308 g/mol. The number of fused-ring (bicyclic) bond motifs is 1. The standard InChI is InChI=1S/C17H14N4O3/c1-24-16-8-6-12(10-15(16)21(22)23)11-18-20-17-9-7-13-4-2-3-5-14(13)19-17/h2-11H,1H3,(H,19,20)/b18-11-. The first-order valence-electron chi connectivity index (χ1n) is 7.14. The maximum absolute atomic E-state index is 11.0. The molecule has 0 atom stereocenters. The molecule has 0 aliphatic heterocycles. The van der Waals surface area contributed by atoms with Crippen molar-refractivity contribution >= 4 is 28.6 Å². The summed E-state index contributed by atoms with van der Waals surface area (Å²) in [5.41, 5.74) is 4.15. The average molecular weight is 322 g/mol. The fraction of sp³-hybridized carbons (Fsp3) is 0.0588. The predicted octanol–water partition coefficient (Wildman–Crippen LogP) is 3.60. The second-order valence-electron chi connectivity index (χ2n) is 4.95. The highest BCUT2D eigenvalue weighted by Crippen LogP contribution is 2.26. The third-order valence-corrected chi connectivity index (χ3v) is 3.39. The minimum absolute atomic E-state index is 0.106. The number of hydrazone groups is 1. The molecule has 0 saturated carbocycles. The quantitative estimate of drug-likeness (QED) is 0.440. The van der Waals surface area contributed by atoms with Crippen LogP contribution in [-0.4, -0.2) is 23.2 Å². The fourth-order valence-electron chi connectivity index (χ4n) is 2.23. The number of rotatable bonds is 5. The molecule has 24 heavy (non-hydrogen) atoms. The van der Waals surface area contributed by atoms with Crippen LogP contribution in [0.3, 0.4) is 0 Å². The third kappa shape index (κ3) is 3.30. The average Bonchev–Trinajstić information content (AvgIpc) is 2.61. The van der Waals surface area contributed by atoms with Gasteiger partial charge < -0.3 is 4.74 Å². The van der Waals surface area contributed by atoms with Gasteiger partial charge in [-0.25, -0.2) is 4.98 Å². The second-order valence-corrected chi connectivity index (χ2v) is 4.95. The number of nitrogens with one attached hydrogen (secondary N) is 1. The van der Waals surface area contributed by atoms with E-state index in [4.69, 9.17) is 4.74 Å². The zero-order valence-corrected chi connectivity index (χ0v) is 12.8. The van der Waals surface area contributed by atoms with Gasteiger partial charge in [0.05, 0.1) is 23.8 Å². The van der Waals surface area contributed by atoms with Crippen LogP contribution in [0.2, 0.25) is 0 Å². The molecule has 3 aromatic rings. The molecule has 0 bridgehead atoms. The van der Waals surface area contributed by atoms with Crippen molar-refractivity contribution in [1.82, 2.24) is 4.98 Å². The number of hydrogen-bond donors (Lipinski definition) is 1. The van der Waals surface area contributed by atoms with Crippen LogP contribution in [0.4, 0.5) is 11.5 Å². The van der Waals surface area contributed by atoms with Crippen LogP contribution in [0.15, 0.2) is 59.7 Å². The van der Waals surface area contributed by atoms with Crippen LogP contribution in [0, 0.1) is 10.1 Å². The Morgan fingerprint density at radius 2 is 2.04 bits per heavy atom. The lowest BCUT2D eigenvalue weighted by Gasteiger charge is -2.03. The van der Waals surface area contributed by atoms with E-state index in [1.54, 1.807) is 6.07 Å². The zero-order valence-electron chi connectivity index (χ0n) is 12.8. The van der Waals surface area contributed by atoms with Crippen LogP contribution >= 0.6 is 0 Å². The molecule has 1 N–H and O–H groups in total. The van der Waals surface area contributed by atoms with Crippen molar-refractivity contribution in [3.8, 4) is 5.75 Å². The molecule has 0 spiro atoms. The molecule has 1 heterocycles. The van der Waals surface area contributed by atoms with Crippen LogP contribution in [-0.2, 0) is 0 Å². The molecule has 0 saturated heterocycles. The Labute approximate surface area is 137 Å². The third-order valence-electron chi connectivity index (χ3n) is 3.39. The summed E-state index contributed by atoms with van der Waals surface area (Å²) in [4.78, 5) is 14.9. The normalized spacial score (nSPS) is 10.9. The molecule has 0 radical (unpaired) electrons. The van der Waals surface area contributed by atoms with Gasteiger partial charge in [-0.3, -0.25) is 15.5 Å². The summed E-state index contributed by atoms with van der Waals surface area (Å²) in [5, 5.41) is 16.1. The van der Waals surface area contributed by atoms with E-state index in [-0.39, 0.29) is 11.4 Å².